The Hall–Kier alpha value is -4.76. The zero-order valence-corrected chi connectivity index (χ0v) is 30.0. The highest BCUT2D eigenvalue weighted by Gasteiger charge is 2.38. The number of aliphatic hydroxyl groups is 2. The maximum atomic E-state index is 13.9. The molecule has 11 nitrogen and oxygen atoms in total. The molecule has 4 heterocycles. The van der Waals surface area contributed by atoms with Gasteiger partial charge in [-0.2, -0.15) is 13.2 Å². The summed E-state index contributed by atoms with van der Waals surface area (Å²) in [5, 5.41) is 27.3. The van der Waals surface area contributed by atoms with Crippen molar-refractivity contribution in [3.05, 3.63) is 108 Å². The van der Waals surface area contributed by atoms with E-state index in [4.69, 9.17) is 9.15 Å². The number of nitrogens with zero attached hydrogens (tertiary/aromatic N) is 3. The van der Waals surface area contributed by atoms with Gasteiger partial charge in [0.1, 0.15) is 42.6 Å². The number of ether oxygens (including phenoxy) is 1. The fourth-order valence-corrected chi connectivity index (χ4v) is 7.10. The van der Waals surface area contributed by atoms with Gasteiger partial charge in [-0.25, -0.2) is 0 Å². The fourth-order valence-electron chi connectivity index (χ4n) is 7.10. The molecule has 4 N–H and O–H groups in total. The molecule has 54 heavy (non-hydrogen) atoms. The van der Waals surface area contributed by atoms with Gasteiger partial charge < -0.3 is 30.0 Å². The first-order valence-corrected chi connectivity index (χ1v) is 18.2. The predicted molar refractivity (Wildman–Crippen MR) is 194 cm³/mol. The van der Waals surface area contributed by atoms with Gasteiger partial charge in [-0.05, 0) is 55.2 Å². The topological polar surface area (TPSA) is 140 Å². The number of aromatic nitrogens is 1. The third-order valence-corrected chi connectivity index (χ3v) is 9.89. The second-order valence-corrected chi connectivity index (χ2v) is 13.9. The molecule has 4 aromatic rings. The number of furan rings is 1. The zero-order chi connectivity index (χ0) is 38.2. The molecule has 0 spiro atoms. The summed E-state index contributed by atoms with van der Waals surface area (Å²) >= 11 is 0. The van der Waals surface area contributed by atoms with Crippen LogP contribution in [0.15, 0.2) is 89.5 Å². The number of nitrogens with one attached hydrogen (secondary N) is 2. The minimum absolute atomic E-state index is 0.00270. The summed E-state index contributed by atoms with van der Waals surface area (Å²) in [7, 11) is 0. The molecule has 1 unspecified atom stereocenters. The average molecular weight is 750 g/mol. The second kappa shape index (κ2) is 17.6. The molecule has 2 aromatic heterocycles. The maximum absolute atomic E-state index is 13.9. The third-order valence-electron chi connectivity index (χ3n) is 9.89. The van der Waals surface area contributed by atoms with E-state index in [1.54, 1.807) is 35.4 Å². The van der Waals surface area contributed by atoms with Gasteiger partial charge in [0.2, 0.25) is 11.8 Å². The number of pyridine rings is 1. The van der Waals surface area contributed by atoms with Crippen LogP contribution in [0.5, 0.6) is 5.75 Å². The van der Waals surface area contributed by atoms with Gasteiger partial charge in [-0.3, -0.25) is 24.4 Å². The average Bonchev–Trinajstić information content (AvgIpc) is 3.64. The van der Waals surface area contributed by atoms with E-state index in [9.17, 15) is 33.0 Å². The molecular formula is C40H46F3N5O6. The van der Waals surface area contributed by atoms with Crippen molar-refractivity contribution >= 4 is 11.8 Å². The van der Waals surface area contributed by atoms with Crippen molar-refractivity contribution in [3.8, 4) is 17.1 Å². The van der Waals surface area contributed by atoms with Crippen molar-refractivity contribution in [2.45, 2.75) is 63.2 Å². The summed E-state index contributed by atoms with van der Waals surface area (Å²) in [4.78, 5) is 35.2. The number of halogens is 3. The smallest absolute Gasteiger partial charge is 0.405 e. The Morgan fingerprint density at radius 3 is 2.59 bits per heavy atom. The molecule has 2 amide bonds. The highest BCUT2D eigenvalue weighted by Crippen LogP contribution is 2.33. The van der Waals surface area contributed by atoms with Gasteiger partial charge >= 0.3 is 6.18 Å². The summed E-state index contributed by atoms with van der Waals surface area (Å²) in [5.74, 6) is -0.0564. The number of carbonyl (C=O) groups is 2. The Bertz CT molecular complexity index is 1860. The molecule has 14 heteroatoms. The molecule has 6 rings (SSSR count). The number of alkyl halides is 3. The van der Waals surface area contributed by atoms with E-state index < -0.39 is 48.8 Å². The molecule has 0 bridgehead atoms. The minimum Gasteiger partial charge on any atom is -0.490 e. The fraction of sp³-hybridized carbons (Fsp3) is 0.425. The SMILES string of the molecule is CCc1cc(-c2ccc(CN3CCN(C[C@@H](O)CC(Cc4ccccc4)C(=O)N[C@H]4c5ccccc5OC[C@H]4O)[C@H](C(=O)NCC(F)(F)F)C3)o2)ccn1. The van der Waals surface area contributed by atoms with Crippen molar-refractivity contribution in [2.24, 2.45) is 5.92 Å². The first kappa shape index (κ1) is 38.9. The quantitative estimate of drug-likeness (QED) is 0.149. The second-order valence-electron chi connectivity index (χ2n) is 13.9. The number of amides is 2. The number of fused-ring (bicyclic) bond motifs is 1. The standard InChI is InChI=1S/C40H46F3N5O6/c1-2-29-19-27(14-15-44-29)35-13-12-31(54-35)22-47-16-17-48(33(23-47)39(52)45-25-40(41,42)43)21-30(49)20-28(18-26-8-4-3-5-9-26)38(51)46-37-32-10-6-7-11-36(32)53-24-34(37)50/h3-15,19,28,30,33-34,37,49-50H,2,16-18,20-25H2,1H3,(H,45,52)(H,46,51)/t28?,30-,33-,34+,37-/m0/s1. The number of aryl methyl sites for hydroxylation is 1. The predicted octanol–water partition coefficient (Wildman–Crippen LogP) is 4.29. The molecular weight excluding hydrogens is 703 g/mol. The normalized spacial score (nSPS) is 20.4. The first-order chi connectivity index (χ1) is 26.0. The number of para-hydroxylation sites is 1. The van der Waals surface area contributed by atoms with Crippen LogP contribution >= 0.6 is 0 Å². The first-order valence-electron chi connectivity index (χ1n) is 18.2. The molecule has 1 fully saturated rings. The molecule has 2 aromatic carbocycles. The van der Waals surface area contributed by atoms with Crippen molar-refractivity contribution in [2.75, 3.05) is 39.3 Å². The molecule has 2 aliphatic heterocycles. The molecule has 2 aliphatic rings. The van der Waals surface area contributed by atoms with Crippen molar-refractivity contribution < 1.29 is 42.1 Å². The Morgan fingerprint density at radius 1 is 1.04 bits per heavy atom. The molecule has 288 valence electrons. The van der Waals surface area contributed by atoms with Crippen molar-refractivity contribution in [1.82, 2.24) is 25.4 Å². The maximum Gasteiger partial charge on any atom is 0.405 e. The lowest BCUT2D eigenvalue weighted by atomic mass is 9.90. The van der Waals surface area contributed by atoms with E-state index in [0.717, 1.165) is 23.2 Å². The van der Waals surface area contributed by atoms with E-state index in [1.165, 1.54) is 0 Å². The number of hydrogen-bond donors (Lipinski definition) is 4. The molecule has 0 saturated carbocycles. The van der Waals surface area contributed by atoms with Crippen LogP contribution in [0.1, 0.15) is 42.0 Å². The summed E-state index contributed by atoms with van der Waals surface area (Å²) in [6, 6.07) is 22.2. The Labute approximate surface area is 312 Å². The van der Waals surface area contributed by atoms with Crippen LogP contribution in [0.4, 0.5) is 13.2 Å². The van der Waals surface area contributed by atoms with Crippen LogP contribution in [0.25, 0.3) is 11.3 Å². The Morgan fingerprint density at radius 2 is 1.81 bits per heavy atom. The lowest BCUT2D eigenvalue weighted by Crippen LogP contribution is -2.60. The molecule has 0 radical (unpaired) electrons. The number of benzene rings is 2. The monoisotopic (exact) mass is 749 g/mol. The van der Waals surface area contributed by atoms with Gasteiger partial charge in [0.25, 0.3) is 0 Å². The van der Waals surface area contributed by atoms with Crippen molar-refractivity contribution in [3.63, 3.8) is 0 Å². The third kappa shape index (κ3) is 10.3. The summed E-state index contributed by atoms with van der Waals surface area (Å²) < 4.78 is 51.2. The highest BCUT2D eigenvalue weighted by atomic mass is 19.4. The summed E-state index contributed by atoms with van der Waals surface area (Å²) in [6.07, 6.45) is -3.91. The highest BCUT2D eigenvalue weighted by molar-refractivity contribution is 5.82. The van der Waals surface area contributed by atoms with Crippen LogP contribution in [0.2, 0.25) is 0 Å². The lowest BCUT2D eigenvalue weighted by molar-refractivity contribution is -0.143. The molecule has 5 atom stereocenters. The van der Waals surface area contributed by atoms with Gasteiger partial charge in [0.05, 0.1) is 18.7 Å². The van der Waals surface area contributed by atoms with Crippen LogP contribution < -0.4 is 15.4 Å². The molecule has 1 saturated heterocycles. The van der Waals surface area contributed by atoms with E-state index in [-0.39, 0.29) is 38.6 Å². The Balaban J connectivity index is 1.15. The van der Waals surface area contributed by atoms with E-state index in [2.05, 4.69) is 10.3 Å². The Kier molecular flexibility index (Phi) is 12.7. The summed E-state index contributed by atoms with van der Waals surface area (Å²) in [6.45, 7) is 1.64. The van der Waals surface area contributed by atoms with Crippen LogP contribution in [-0.4, -0.2) is 101 Å². The van der Waals surface area contributed by atoms with E-state index in [1.807, 2.05) is 71.7 Å². The number of piperazine rings is 1. The number of hydrogen-bond acceptors (Lipinski definition) is 9. The van der Waals surface area contributed by atoms with Gasteiger partial charge in [0, 0.05) is 55.1 Å². The number of β-amino-alcohol motifs (C(OH)–C–C–N with tert-alkyl or cyclic N) is 1. The largest absolute Gasteiger partial charge is 0.490 e. The number of carbonyl (C=O) groups excluding carboxylic acids is 2. The van der Waals surface area contributed by atoms with Crippen LogP contribution in [0, 0.1) is 5.92 Å². The van der Waals surface area contributed by atoms with Gasteiger partial charge in [0.15, 0.2) is 0 Å². The van der Waals surface area contributed by atoms with E-state index >= 15 is 0 Å². The van der Waals surface area contributed by atoms with Gasteiger partial charge in [-0.1, -0.05) is 55.5 Å². The van der Waals surface area contributed by atoms with Crippen molar-refractivity contribution in [1.29, 1.82) is 0 Å². The molecule has 0 aliphatic carbocycles. The zero-order valence-electron chi connectivity index (χ0n) is 30.0. The lowest BCUT2D eigenvalue weighted by Gasteiger charge is -2.41. The summed E-state index contributed by atoms with van der Waals surface area (Å²) in [5.41, 5.74) is 3.31. The van der Waals surface area contributed by atoms with Gasteiger partial charge in [-0.15, -0.1) is 0 Å². The van der Waals surface area contributed by atoms with Crippen LogP contribution in [0.3, 0.4) is 0 Å². The van der Waals surface area contributed by atoms with Crippen LogP contribution in [-0.2, 0) is 29.0 Å². The number of rotatable bonds is 14. The minimum atomic E-state index is -4.60. The van der Waals surface area contributed by atoms with E-state index in [0.29, 0.717) is 42.3 Å². The number of aliphatic hydroxyl groups excluding tert-OH is 2.